The van der Waals surface area contributed by atoms with E-state index >= 15 is 0 Å². The van der Waals surface area contributed by atoms with E-state index in [1.165, 1.54) is 0 Å². The highest BCUT2D eigenvalue weighted by Crippen LogP contribution is 2.34. The lowest BCUT2D eigenvalue weighted by Crippen LogP contribution is -2.16. The molecule has 3 rings (SSSR count). The first-order valence-corrected chi connectivity index (χ1v) is 9.84. The summed E-state index contributed by atoms with van der Waals surface area (Å²) < 4.78 is 40.2. The Kier molecular flexibility index (Phi) is 6.40. The summed E-state index contributed by atoms with van der Waals surface area (Å²) in [5.74, 6) is -0.0477. The molecule has 0 unspecified atom stereocenters. The van der Waals surface area contributed by atoms with Crippen molar-refractivity contribution in [1.29, 1.82) is 0 Å². The Balaban J connectivity index is 1.68. The number of rotatable bonds is 5. The lowest BCUT2D eigenvalue weighted by atomic mass is 10.2. The zero-order chi connectivity index (χ0) is 21.2. The molecule has 0 aliphatic heterocycles. The lowest BCUT2D eigenvalue weighted by molar-refractivity contribution is -0.137. The highest BCUT2D eigenvalue weighted by molar-refractivity contribution is 7.99. The summed E-state index contributed by atoms with van der Waals surface area (Å²) >= 11 is 13.0. The maximum absolute atomic E-state index is 12.8. The van der Waals surface area contributed by atoms with E-state index in [4.69, 9.17) is 23.2 Å². The number of anilines is 1. The zero-order valence-corrected chi connectivity index (χ0v) is 17.1. The number of aromatic nitrogens is 3. The highest BCUT2D eigenvalue weighted by atomic mass is 35.5. The van der Waals surface area contributed by atoms with Gasteiger partial charge in [0.15, 0.2) is 11.0 Å². The predicted molar refractivity (Wildman–Crippen MR) is 107 cm³/mol. The summed E-state index contributed by atoms with van der Waals surface area (Å²) in [6.45, 7) is 0. The fourth-order valence-electron chi connectivity index (χ4n) is 2.43. The zero-order valence-electron chi connectivity index (χ0n) is 14.8. The first-order chi connectivity index (χ1) is 13.6. The van der Waals surface area contributed by atoms with Crippen LogP contribution in [0.15, 0.2) is 47.6 Å². The van der Waals surface area contributed by atoms with Crippen LogP contribution in [-0.4, -0.2) is 26.4 Å². The summed E-state index contributed by atoms with van der Waals surface area (Å²) in [5, 5.41) is 11.6. The second-order valence-electron chi connectivity index (χ2n) is 5.90. The molecule has 0 saturated carbocycles. The van der Waals surface area contributed by atoms with E-state index in [0.29, 0.717) is 16.0 Å². The summed E-state index contributed by atoms with van der Waals surface area (Å²) in [4.78, 5) is 12.2. The number of carbonyl (C=O) groups is 1. The van der Waals surface area contributed by atoms with Gasteiger partial charge in [0, 0.05) is 17.6 Å². The van der Waals surface area contributed by atoms with E-state index in [1.807, 2.05) is 6.07 Å². The maximum atomic E-state index is 12.8. The normalized spacial score (nSPS) is 11.5. The van der Waals surface area contributed by atoms with Crippen molar-refractivity contribution in [2.75, 3.05) is 11.1 Å². The molecule has 11 heteroatoms. The van der Waals surface area contributed by atoms with Crippen molar-refractivity contribution in [1.82, 2.24) is 14.8 Å². The van der Waals surface area contributed by atoms with Gasteiger partial charge in [-0.05, 0) is 30.3 Å². The molecular weight excluding hydrogens is 448 g/mol. The molecule has 5 nitrogen and oxygen atoms in total. The molecule has 3 aromatic rings. The van der Waals surface area contributed by atoms with Crippen LogP contribution in [0.2, 0.25) is 10.0 Å². The van der Waals surface area contributed by atoms with Gasteiger partial charge in [-0.15, -0.1) is 10.2 Å². The van der Waals surface area contributed by atoms with Gasteiger partial charge in [0.2, 0.25) is 5.91 Å². The van der Waals surface area contributed by atoms with Gasteiger partial charge in [-0.25, -0.2) is 0 Å². The molecule has 0 aliphatic rings. The number of halogens is 5. The summed E-state index contributed by atoms with van der Waals surface area (Å²) in [6, 6.07) is 9.82. The molecule has 152 valence electrons. The average Bonchev–Trinajstić information content (AvgIpc) is 3.01. The molecule has 29 heavy (non-hydrogen) atoms. The van der Waals surface area contributed by atoms with E-state index in [9.17, 15) is 18.0 Å². The van der Waals surface area contributed by atoms with Crippen molar-refractivity contribution in [2.24, 2.45) is 7.05 Å². The van der Waals surface area contributed by atoms with Crippen LogP contribution in [0.1, 0.15) is 5.56 Å². The predicted octanol–water partition coefficient (Wildman–Crippen LogP) is 5.54. The van der Waals surface area contributed by atoms with E-state index < -0.39 is 17.6 Å². The molecule has 1 amide bonds. The number of hydrogen-bond acceptors (Lipinski definition) is 4. The van der Waals surface area contributed by atoms with Crippen LogP contribution in [0.5, 0.6) is 0 Å². The molecule has 2 aromatic carbocycles. The second-order valence-corrected chi connectivity index (χ2v) is 7.69. The minimum absolute atomic E-state index is 0.0123. The third kappa shape index (κ3) is 5.23. The van der Waals surface area contributed by atoms with Gasteiger partial charge in [-0.2, -0.15) is 13.2 Å². The second kappa shape index (κ2) is 8.64. The summed E-state index contributed by atoms with van der Waals surface area (Å²) in [5.41, 5.74) is -0.242. The molecule has 1 heterocycles. The van der Waals surface area contributed by atoms with Crippen LogP contribution < -0.4 is 5.32 Å². The number of nitrogens with zero attached hydrogens (tertiary/aromatic N) is 3. The van der Waals surface area contributed by atoms with Crippen molar-refractivity contribution in [3.05, 3.63) is 58.1 Å². The standard InChI is InChI=1S/C18H13Cl2F3N4OS/c1-27-16(10-3-2-4-12(19)7-10)25-26-17(27)29-9-15(28)24-14-8-11(18(21,22)23)5-6-13(14)20/h2-8H,9H2,1H3,(H,24,28). The number of thioether (sulfide) groups is 1. The molecule has 0 atom stereocenters. The molecule has 0 aliphatic carbocycles. The number of carbonyl (C=O) groups excluding carboxylic acids is 1. The Labute approximate surface area is 178 Å². The average molecular weight is 461 g/mol. The van der Waals surface area contributed by atoms with Gasteiger partial charge < -0.3 is 9.88 Å². The number of amides is 1. The largest absolute Gasteiger partial charge is 0.416 e. The Morgan fingerprint density at radius 3 is 2.62 bits per heavy atom. The minimum Gasteiger partial charge on any atom is -0.324 e. The smallest absolute Gasteiger partial charge is 0.324 e. The SMILES string of the molecule is Cn1c(SCC(=O)Nc2cc(C(F)(F)F)ccc2Cl)nnc1-c1cccc(Cl)c1. The van der Waals surface area contributed by atoms with Crippen molar-refractivity contribution >= 4 is 46.6 Å². The van der Waals surface area contributed by atoms with E-state index in [2.05, 4.69) is 15.5 Å². The minimum atomic E-state index is -4.53. The van der Waals surface area contributed by atoms with Crippen molar-refractivity contribution in [3.8, 4) is 11.4 Å². The summed E-state index contributed by atoms with van der Waals surface area (Å²) in [6.07, 6.45) is -4.53. The molecule has 1 aromatic heterocycles. The first kappa shape index (κ1) is 21.5. The molecular formula is C18H13Cl2F3N4OS. The molecule has 0 bridgehead atoms. The van der Waals surface area contributed by atoms with Gasteiger partial charge in [-0.3, -0.25) is 4.79 Å². The fraction of sp³-hybridized carbons (Fsp3) is 0.167. The number of benzene rings is 2. The van der Waals surface area contributed by atoms with Gasteiger partial charge in [0.05, 0.1) is 22.0 Å². The first-order valence-electron chi connectivity index (χ1n) is 8.10. The maximum Gasteiger partial charge on any atom is 0.416 e. The number of nitrogens with one attached hydrogen (secondary N) is 1. The Hall–Kier alpha value is -2.23. The van der Waals surface area contributed by atoms with E-state index in [1.54, 1.807) is 29.8 Å². The monoisotopic (exact) mass is 460 g/mol. The Morgan fingerprint density at radius 1 is 1.17 bits per heavy atom. The van der Waals surface area contributed by atoms with Crippen LogP contribution in [0, 0.1) is 0 Å². The molecule has 0 saturated heterocycles. The molecule has 0 radical (unpaired) electrons. The fourth-order valence-corrected chi connectivity index (χ4v) is 3.50. The van der Waals surface area contributed by atoms with Gasteiger partial charge in [0.1, 0.15) is 0 Å². The number of hydrogen-bond donors (Lipinski definition) is 1. The van der Waals surface area contributed by atoms with Crippen molar-refractivity contribution in [2.45, 2.75) is 11.3 Å². The van der Waals surface area contributed by atoms with Gasteiger partial charge in [-0.1, -0.05) is 47.1 Å². The topological polar surface area (TPSA) is 59.8 Å². The van der Waals surface area contributed by atoms with Crippen LogP contribution in [0.4, 0.5) is 18.9 Å². The van der Waals surface area contributed by atoms with Gasteiger partial charge >= 0.3 is 6.18 Å². The molecule has 0 spiro atoms. The number of alkyl halides is 3. The van der Waals surface area contributed by atoms with Gasteiger partial charge in [0.25, 0.3) is 0 Å². The van der Waals surface area contributed by atoms with Crippen LogP contribution >= 0.6 is 35.0 Å². The van der Waals surface area contributed by atoms with Crippen molar-refractivity contribution in [3.63, 3.8) is 0 Å². The Morgan fingerprint density at radius 2 is 1.93 bits per heavy atom. The third-order valence-electron chi connectivity index (χ3n) is 3.82. The van der Waals surface area contributed by atoms with Crippen LogP contribution in [-0.2, 0) is 18.0 Å². The molecule has 0 fully saturated rings. The lowest BCUT2D eigenvalue weighted by Gasteiger charge is -2.11. The third-order valence-corrected chi connectivity index (χ3v) is 5.40. The van der Waals surface area contributed by atoms with E-state index in [0.717, 1.165) is 35.5 Å². The van der Waals surface area contributed by atoms with Crippen LogP contribution in [0.25, 0.3) is 11.4 Å². The van der Waals surface area contributed by atoms with E-state index in [-0.39, 0.29) is 16.5 Å². The molecule has 1 N–H and O–H groups in total. The van der Waals surface area contributed by atoms with Crippen molar-refractivity contribution < 1.29 is 18.0 Å². The Bertz CT molecular complexity index is 1060. The quantitative estimate of drug-likeness (QED) is 0.507. The van der Waals surface area contributed by atoms with Crippen LogP contribution in [0.3, 0.4) is 0 Å². The highest BCUT2D eigenvalue weighted by Gasteiger charge is 2.31. The summed E-state index contributed by atoms with van der Waals surface area (Å²) in [7, 11) is 1.74.